The number of rotatable bonds is 6. The van der Waals surface area contributed by atoms with Gasteiger partial charge in [0, 0.05) is 25.2 Å². The number of hydrazone groups is 1. The third-order valence-electron chi connectivity index (χ3n) is 3.52. The maximum absolute atomic E-state index is 12.1. The molecule has 0 bridgehead atoms. The van der Waals surface area contributed by atoms with Crippen LogP contribution in [-0.4, -0.2) is 23.9 Å². The highest BCUT2D eigenvalue weighted by atomic mass is 16.2. The van der Waals surface area contributed by atoms with E-state index < -0.39 is 5.91 Å². The van der Waals surface area contributed by atoms with Crippen molar-refractivity contribution in [3.05, 3.63) is 65.2 Å². The van der Waals surface area contributed by atoms with Crippen molar-refractivity contribution < 1.29 is 14.4 Å². The first-order valence-electron chi connectivity index (χ1n) is 8.58. The molecule has 2 aromatic carbocycles. The van der Waals surface area contributed by atoms with E-state index in [1.54, 1.807) is 48.5 Å². The van der Waals surface area contributed by atoms with Gasteiger partial charge in [-0.1, -0.05) is 24.3 Å². The van der Waals surface area contributed by atoms with Crippen molar-refractivity contribution >= 4 is 41.4 Å². The number of amides is 3. The maximum Gasteiger partial charge on any atom is 0.282 e. The van der Waals surface area contributed by atoms with Crippen molar-refractivity contribution in [1.82, 2.24) is 5.43 Å². The van der Waals surface area contributed by atoms with Gasteiger partial charge in [0.05, 0.1) is 6.21 Å². The summed E-state index contributed by atoms with van der Waals surface area (Å²) < 4.78 is 0. The summed E-state index contributed by atoms with van der Waals surface area (Å²) in [6.07, 6.45) is 2.84. The number of anilines is 2. The minimum absolute atomic E-state index is 0.115. The largest absolute Gasteiger partial charge is 0.326 e. The Hall–Kier alpha value is -4.25. The fourth-order valence-corrected chi connectivity index (χ4v) is 2.26. The molecule has 8 heteroatoms. The number of carbonyl (C=O) groups is 3. The second kappa shape index (κ2) is 10.2. The van der Waals surface area contributed by atoms with Crippen molar-refractivity contribution in [3.8, 4) is 6.07 Å². The van der Waals surface area contributed by atoms with E-state index in [1.807, 2.05) is 6.07 Å². The lowest BCUT2D eigenvalue weighted by Crippen LogP contribution is -2.19. The monoisotopic (exact) mass is 389 g/mol. The van der Waals surface area contributed by atoms with Crippen LogP contribution in [0.2, 0.25) is 0 Å². The van der Waals surface area contributed by atoms with E-state index in [-0.39, 0.29) is 17.4 Å². The number of nitrogens with one attached hydrogen (secondary N) is 3. The van der Waals surface area contributed by atoms with Crippen molar-refractivity contribution in [2.24, 2.45) is 5.10 Å². The van der Waals surface area contributed by atoms with Gasteiger partial charge in [-0.15, -0.1) is 0 Å². The smallest absolute Gasteiger partial charge is 0.282 e. The molecular weight excluding hydrogens is 370 g/mol. The molecule has 0 saturated heterocycles. The summed E-state index contributed by atoms with van der Waals surface area (Å²) in [4.78, 5) is 34.2. The predicted octanol–water partition coefficient (Wildman–Crippen LogP) is 2.66. The molecule has 0 radical (unpaired) electrons. The van der Waals surface area contributed by atoms with Crippen molar-refractivity contribution in [1.29, 1.82) is 5.26 Å². The molecule has 3 N–H and O–H groups in total. The lowest BCUT2D eigenvalue weighted by atomic mass is 10.1. The summed E-state index contributed by atoms with van der Waals surface area (Å²) in [5.41, 5.74) is 4.78. The Morgan fingerprint density at radius 1 is 0.862 bits per heavy atom. The highest BCUT2D eigenvalue weighted by molar-refractivity contribution is 6.02. The molecule has 29 heavy (non-hydrogen) atoms. The molecule has 0 atom stereocenters. The van der Waals surface area contributed by atoms with Crippen molar-refractivity contribution in [2.45, 2.75) is 13.8 Å². The van der Waals surface area contributed by atoms with Gasteiger partial charge in [0.25, 0.3) is 5.91 Å². The summed E-state index contributed by atoms with van der Waals surface area (Å²) >= 11 is 0. The van der Waals surface area contributed by atoms with Crippen LogP contribution in [0.1, 0.15) is 25.0 Å². The van der Waals surface area contributed by atoms with Crippen LogP contribution in [0, 0.1) is 11.3 Å². The van der Waals surface area contributed by atoms with Crippen LogP contribution in [0.4, 0.5) is 11.4 Å². The number of hydrogen-bond donors (Lipinski definition) is 3. The number of nitrogens with zero attached hydrogens (tertiary/aromatic N) is 2. The number of benzene rings is 2. The molecule has 0 aromatic heterocycles. The zero-order valence-corrected chi connectivity index (χ0v) is 15.9. The Kier molecular flexibility index (Phi) is 7.39. The van der Waals surface area contributed by atoms with Gasteiger partial charge in [-0.25, -0.2) is 5.43 Å². The van der Waals surface area contributed by atoms with Crippen LogP contribution < -0.4 is 16.1 Å². The van der Waals surface area contributed by atoms with Gasteiger partial charge < -0.3 is 10.6 Å². The highest BCUT2D eigenvalue weighted by Crippen LogP contribution is 2.13. The first-order valence-corrected chi connectivity index (χ1v) is 8.58. The van der Waals surface area contributed by atoms with Gasteiger partial charge in [-0.3, -0.25) is 14.4 Å². The topological polar surface area (TPSA) is 123 Å². The molecule has 0 aliphatic rings. The molecule has 3 amide bonds. The molecule has 0 heterocycles. The van der Waals surface area contributed by atoms with E-state index in [2.05, 4.69) is 21.2 Å². The summed E-state index contributed by atoms with van der Waals surface area (Å²) in [6, 6.07) is 15.4. The fourth-order valence-electron chi connectivity index (χ4n) is 2.26. The second-order valence-corrected chi connectivity index (χ2v) is 5.98. The molecule has 0 unspecified atom stereocenters. The van der Waals surface area contributed by atoms with Crippen LogP contribution in [-0.2, 0) is 14.4 Å². The Bertz CT molecular complexity index is 1000. The van der Waals surface area contributed by atoms with Gasteiger partial charge in [-0.2, -0.15) is 10.4 Å². The molecule has 146 valence electrons. The van der Waals surface area contributed by atoms with Crippen LogP contribution in [0.15, 0.2) is 59.2 Å². The molecule has 0 saturated carbocycles. The van der Waals surface area contributed by atoms with E-state index in [9.17, 15) is 19.6 Å². The Morgan fingerprint density at radius 2 is 1.34 bits per heavy atom. The molecule has 0 spiro atoms. The molecule has 2 aromatic rings. The number of hydrogen-bond acceptors (Lipinski definition) is 5. The second-order valence-electron chi connectivity index (χ2n) is 5.98. The normalized spacial score (nSPS) is 10.9. The average Bonchev–Trinajstić information content (AvgIpc) is 2.67. The maximum atomic E-state index is 12.1. The third kappa shape index (κ3) is 7.11. The van der Waals surface area contributed by atoms with E-state index in [0.29, 0.717) is 22.5 Å². The molecule has 2 rings (SSSR count). The Labute approximate surface area is 167 Å². The van der Waals surface area contributed by atoms with E-state index in [4.69, 9.17) is 0 Å². The predicted molar refractivity (Wildman–Crippen MR) is 111 cm³/mol. The quantitative estimate of drug-likeness (QED) is 0.304. The van der Waals surface area contributed by atoms with Crippen molar-refractivity contribution in [3.63, 3.8) is 0 Å². The molecule has 8 nitrogen and oxygen atoms in total. The Balaban J connectivity index is 1.99. The van der Waals surface area contributed by atoms with Gasteiger partial charge in [-0.05, 0) is 41.5 Å². The lowest BCUT2D eigenvalue weighted by Gasteiger charge is -2.03. The van der Waals surface area contributed by atoms with Gasteiger partial charge >= 0.3 is 0 Å². The van der Waals surface area contributed by atoms with Crippen LogP contribution in [0.25, 0.3) is 6.08 Å². The van der Waals surface area contributed by atoms with Crippen LogP contribution >= 0.6 is 0 Å². The molecule has 0 fully saturated rings. The minimum Gasteiger partial charge on any atom is -0.326 e. The summed E-state index contributed by atoms with van der Waals surface area (Å²) in [5, 5.41) is 18.3. The van der Waals surface area contributed by atoms with E-state index in [1.165, 1.54) is 26.1 Å². The molecular formula is C21H19N5O3. The van der Waals surface area contributed by atoms with E-state index >= 15 is 0 Å². The molecule has 0 aliphatic carbocycles. The zero-order valence-electron chi connectivity index (χ0n) is 15.9. The zero-order chi connectivity index (χ0) is 21.2. The van der Waals surface area contributed by atoms with Crippen molar-refractivity contribution in [2.75, 3.05) is 10.6 Å². The van der Waals surface area contributed by atoms with Crippen LogP contribution in [0.5, 0.6) is 0 Å². The first kappa shape index (κ1) is 21.1. The number of carbonyl (C=O) groups excluding carboxylic acids is 3. The molecule has 0 aliphatic heterocycles. The fraction of sp³-hybridized carbons (Fsp3) is 0.0952. The summed E-state index contributed by atoms with van der Waals surface area (Å²) in [5.74, 6) is -1.00. The summed E-state index contributed by atoms with van der Waals surface area (Å²) in [6.45, 7) is 2.83. The minimum atomic E-state index is -0.649. The van der Waals surface area contributed by atoms with Gasteiger partial charge in [0.15, 0.2) is 0 Å². The van der Waals surface area contributed by atoms with Gasteiger partial charge in [0.2, 0.25) is 11.8 Å². The Morgan fingerprint density at radius 3 is 1.79 bits per heavy atom. The first-order chi connectivity index (χ1) is 13.9. The average molecular weight is 389 g/mol. The van der Waals surface area contributed by atoms with Gasteiger partial charge in [0.1, 0.15) is 11.6 Å². The highest BCUT2D eigenvalue weighted by Gasteiger charge is 2.08. The standard InChI is InChI=1S/C21H19N5O3/c1-14(27)24-19-7-3-16(4-8-19)11-18(12-22)21(29)26-23-13-17-5-9-20(10-6-17)25-15(2)28/h3-11,13H,1-2H3,(H,24,27)(H,25,28)(H,26,29)/b18-11-,23-13-. The summed E-state index contributed by atoms with van der Waals surface area (Å²) in [7, 11) is 0. The number of nitriles is 1. The SMILES string of the molecule is CC(=O)Nc1ccc(/C=N\NC(=O)/C(C#N)=C\c2ccc(NC(C)=O)cc2)cc1. The third-order valence-corrected chi connectivity index (χ3v) is 3.52. The van der Waals surface area contributed by atoms with E-state index in [0.717, 1.165) is 0 Å². The lowest BCUT2D eigenvalue weighted by molar-refractivity contribution is -0.117. The van der Waals surface area contributed by atoms with Crippen LogP contribution in [0.3, 0.4) is 0 Å².